The Balaban J connectivity index is 3.43. The lowest BCUT2D eigenvalue weighted by molar-refractivity contribution is 0.150. The highest BCUT2D eigenvalue weighted by Gasteiger charge is 2.20. The summed E-state index contributed by atoms with van der Waals surface area (Å²) in [6, 6.07) is 1.61. The van der Waals surface area contributed by atoms with E-state index in [1.54, 1.807) is 6.07 Å². The van der Waals surface area contributed by atoms with Gasteiger partial charge in [-0.25, -0.2) is 13.8 Å². The second-order valence-corrected chi connectivity index (χ2v) is 2.68. The fourth-order valence-electron chi connectivity index (χ4n) is 0.951. The molecule has 0 saturated carbocycles. The molecule has 0 atom stereocenters. The zero-order valence-corrected chi connectivity index (χ0v) is 7.85. The third kappa shape index (κ3) is 1.75. The molecule has 0 radical (unpaired) electrons. The van der Waals surface area contributed by atoms with Gasteiger partial charge in [-0.1, -0.05) is 11.6 Å². The predicted molar refractivity (Wildman–Crippen MR) is 45.5 cm³/mol. The van der Waals surface area contributed by atoms with Crippen molar-refractivity contribution < 1.29 is 13.5 Å². The highest BCUT2D eigenvalue weighted by atomic mass is 35.5. The molecule has 0 aliphatic carbocycles. The second kappa shape index (κ2) is 4.20. The molecule has 0 aliphatic heterocycles. The van der Waals surface area contributed by atoms with Crippen LogP contribution in [0.2, 0.25) is 5.15 Å². The predicted octanol–water partition coefficient (Wildman–Crippen LogP) is 2.55. The number of hydrogen-bond acceptors (Lipinski definition) is 3. The number of aromatic nitrogens is 1. The molecular formula is C8H5ClF2N2O. The summed E-state index contributed by atoms with van der Waals surface area (Å²) in [4.78, 5) is 3.49. The van der Waals surface area contributed by atoms with Gasteiger partial charge in [-0.2, -0.15) is 5.26 Å². The molecule has 0 bridgehead atoms. The van der Waals surface area contributed by atoms with Gasteiger partial charge in [-0.15, -0.1) is 0 Å². The van der Waals surface area contributed by atoms with Crippen LogP contribution in [0.3, 0.4) is 0 Å². The van der Waals surface area contributed by atoms with Crippen LogP contribution in [0.15, 0.2) is 6.20 Å². The van der Waals surface area contributed by atoms with Gasteiger partial charge in [0.15, 0.2) is 10.9 Å². The Morgan fingerprint density at radius 3 is 2.71 bits per heavy atom. The summed E-state index contributed by atoms with van der Waals surface area (Å²) in [7, 11) is 1.24. The standard InChI is InChI=1S/C8H5ClF2N2O/c1-14-6-4(2-12)5(8(10)11)3-13-7(6)9/h3,8H,1H3. The lowest BCUT2D eigenvalue weighted by atomic mass is 10.1. The molecular weight excluding hydrogens is 214 g/mol. The topological polar surface area (TPSA) is 45.9 Å². The highest BCUT2D eigenvalue weighted by Crippen LogP contribution is 2.32. The molecule has 1 heterocycles. The number of rotatable bonds is 2. The fraction of sp³-hybridized carbons (Fsp3) is 0.250. The van der Waals surface area contributed by atoms with Crippen LogP contribution in [-0.2, 0) is 0 Å². The first kappa shape index (κ1) is 10.7. The lowest BCUT2D eigenvalue weighted by Gasteiger charge is -2.08. The van der Waals surface area contributed by atoms with Gasteiger partial charge in [0, 0.05) is 6.20 Å². The van der Waals surface area contributed by atoms with E-state index in [0.29, 0.717) is 0 Å². The molecule has 74 valence electrons. The van der Waals surface area contributed by atoms with Crippen LogP contribution >= 0.6 is 11.6 Å². The first-order chi connectivity index (χ1) is 6.61. The maximum atomic E-state index is 12.4. The van der Waals surface area contributed by atoms with Crippen molar-refractivity contribution in [2.45, 2.75) is 6.43 Å². The van der Waals surface area contributed by atoms with Crippen molar-refractivity contribution in [2.24, 2.45) is 0 Å². The van der Waals surface area contributed by atoms with Crippen LogP contribution in [0.1, 0.15) is 17.6 Å². The van der Waals surface area contributed by atoms with Crippen molar-refractivity contribution in [3.63, 3.8) is 0 Å². The minimum Gasteiger partial charge on any atom is -0.492 e. The van der Waals surface area contributed by atoms with Crippen molar-refractivity contribution >= 4 is 11.6 Å². The monoisotopic (exact) mass is 218 g/mol. The van der Waals surface area contributed by atoms with Gasteiger partial charge in [-0.3, -0.25) is 0 Å². The summed E-state index contributed by atoms with van der Waals surface area (Å²) >= 11 is 5.55. The molecule has 6 heteroatoms. The largest absolute Gasteiger partial charge is 0.492 e. The zero-order chi connectivity index (χ0) is 10.7. The van der Waals surface area contributed by atoms with Crippen molar-refractivity contribution in [1.82, 2.24) is 4.98 Å². The van der Waals surface area contributed by atoms with E-state index in [-0.39, 0.29) is 16.5 Å². The number of hydrogen-bond donors (Lipinski definition) is 0. The van der Waals surface area contributed by atoms with Crippen LogP contribution in [0.5, 0.6) is 5.75 Å². The third-order valence-corrected chi connectivity index (χ3v) is 1.84. The molecule has 1 rings (SSSR count). The Morgan fingerprint density at radius 2 is 2.29 bits per heavy atom. The number of nitrogens with zero attached hydrogens (tertiary/aromatic N) is 2. The van der Waals surface area contributed by atoms with E-state index < -0.39 is 12.0 Å². The van der Waals surface area contributed by atoms with Gasteiger partial charge in [0.25, 0.3) is 6.43 Å². The normalized spacial score (nSPS) is 10.0. The molecule has 3 nitrogen and oxygen atoms in total. The number of ether oxygens (including phenoxy) is 1. The van der Waals surface area contributed by atoms with E-state index in [2.05, 4.69) is 4.98 Å². The summed E-state index contributed by atoms with van der Waals surface area (Å²) in [6.45, 7) is 0. The van der Waals surface area contributed by atoms with Crippen molar-refractivity contribution in [3.05, 3.63) is 22.5 Å². The Hall–Kier alpha value is -1.41. The summed E-state index contributed by atoms with van der Waals surface area (Å²) in [5.74, 6) is -0.119. The number of pyridine rings is 1. The van der Waals surface area contributed by atoms with Crippen LogP contribution in [0, 0.1) is 11.3 Å². The number of methoxy groups -OCH3 is 1. The third-order valence-electron chi connectivity index (χ3n) is 1.57. The first-order valence-corrected chi connectivity index (χ1v) is 3.90. The smallest absolute Gasteiger partial charge is 0.266 e. The van der Waals surface area contributed by atoms with Crippen molar-refractivity contribution in [1.29, 1.82) is 5.26 Å². The maximum absolute atomic E-state index is 12.4. The summed E-state index contributed by atoms with van der Waals surface area (Å²) in [5, 5.41) is 8.55. The summed E-state index contributed by atoms with van der Waals surface area (Å²) < 4.78 is 29.5. The van der Waals surface area contributed by atoms with Gasteiger partial charge in [0.1, 0.15) is 11.6 Å². The maximum Gasteiger partial charge on any atom is 0.266 e. The molecule has 0 aliphatic rings. The summed E-state index contributed by atoms with van der Waals surface area (Å²) in [5.41, 5.74) is -0.753. The van der Waals surface area contributed by atoms with Crippen LogP contribution in [0.25, 0.3) is 0 Å². The lowest BCUT2D eigenvalue weighted by Crippen LogP contribution is -1.98. The number of nitriles is 1. The minimum absolute atomic E-state index is 0.103. The van der Waals surface area contributed by atoms with Gasteiger partial charge in [-0.05, 0) is 0 Å². The van der Waals surface area contributed by atoms with Crippen molar-refractivity contribution in [3.8, 4) is 11.8 Å². The average Bonchev–Trinajstić information content (AvgIpc) is 2.16. The van der Waals surface area contributed by atoms with Gasteiger partial charge < -0.3 is 4.74 Å². The molecule has 14 heavy (non-hydrogen) atoms. The first-order valence-electron chi connectivity index (χ1n) is 3.52. The van der Waals surface area contributed by atoms with E-state index in [4.69, 9.17) is 21.6 Å². The van der Waals surface area contributed by atoms with Gasteiger partial charge >= 0.3 is 0 Å². The Morgan fingerprint density at radius 1 is 1.64 bits per heavy atom. The minimum atomic E-state index is -2.77. The van der Waals surface area contributed by atoms with Crippen LogP contribution < -0.4 is 4.74 Å². The molecule has 0 spiro atoms. The van der Waals surface area contributed by atoms with E-state index in [9.17, 15) is 8.78 Å². The second-order valence-electron chi connectivity index (χ2n) is 2.33. The Kier molecular flexibility index (Phi) is 3.20. The Labute approximate surface area is 83.9 Å². The molecule has 1 aromatic heterocycles. The van der Waals surface area contributed by atoms with E-state index in [1.165, 1.54) is 7.11 Å². The molecule has 0 saturated heterocycles. The van der Waals surface area contributed by atoms with Gasteiger partial charge in [0.05, 0.1) is 12.7 Å². The zero-order valence-electron chi connectivity index (χ0n) is 7.09. The van der Waals surface area contributed by atoms with E-state index >= 15 is 0 Å². The summed E-state index contributed by atoms with van der Waals surface area (Å²) in [6.07, 6.45) is -1.91. The van der Waals surface area contributed by atoms with Crippen LogP contribution in [-0.4, -0.2) is 12.1 Å². The molecule has 0 amide bonds. The number of alkyl halides is 2. The Bertz CT molecular complexity index is 390. The molecule has 0 fully saturated rings. The molecule has 0 unspecified atom stereocenters. The highest BCUT2D eigenvalue weighted by molar-refractivity contribution is 6.31. The average molecular weight is 219 g/mol. The van der Waals surface area contributed by atoms with E-state index in [0.717, 1.165) is 6.20 Å². The number of halogens is 3. The SMILES string of the molecule is COc1c(Cl)ncc(C(F)F)c1C#N. The van der Waals surface area contributed by atoms with Crippen molar-refractivity contribution in [2.75, 3.05) is 7.11 Å². The fourth-order valence-corrected chi connectivity index (χ4v) is 1.17. The van der Waals surface area contributed by atoms with Crippen LogP contribution in [0.4, 0.5) is 8.78 Å². The molecule has 0 N–H and O–H groups in total. The molecule has 1 aromatic rings. The quantitative estimate of drug-likeness (QED) is 0.717. The molecule has 0 aromatic carbocycles. The van der Waals surface area contributed by atoms with E-state index in [1.807, 2.05) is 0 Å². The van der Waals surface area contributed by atoms with Gasteiger partial charge in [0.2, 0.25) is 0 Å².